The van der Waals surface area contributed by atoms with Gasteiger partial charge in [-0.15, -0.1) is 0 Å². The molecule has 2 fully saturated rings. The second-order valence-electron chi connectivity index (χ2n) is 3.30. The van der Waals surface area contributed by atoms with Crippen molar-refractivity contribution in [3.05, 3.63) is 0 Å². The maximum atomic E-state index is 5.65. The lowest BCUT2D eigenvalue weighted by Gasteiger charge is -2.42. The summed E-state index contributed by atoms with van der Waals surface area (Å²) >= 11 is 0. The minimum absolute atomic E-state index is 0.263. The molecular weight excluding hydrogens is 114 g/mol. The molecule has 2 heteroatoms. The van der Waals surface area contributed by atoms with E-state index in [1.807, 2.05) is 0 Å². The van der Waals surface area contributed by atoms with E-state index in [2.05, 4.69) is 0 Å². The molecule has 1 aliphatic heterocycles. The Labute approximate surface area is 55.4 Å². The van der Waals surface area contributed by atoms with Crippen LogP contribution in [-0.2, 0) is 4.74 Å². The van der Waals surface area contributed by atoms with Gasteiger partial charge in [0.05, 0.1) is 5.60 Å². The lowest BCUT2D eigenvalue weighted by atomic mass is 9.74. The molecule has 52 valence electrons. The van der Waals surface area contributed by atoms with Gasteiger partial charge in [0.15, 0.2) is 0 Å². The third-order valence-electron chi connectivity index (χ3n) is 2.45. The summed E-state index contributed by atoms with van der Waals surface area (Å²) in [5.41, 5.74) is 5.92. The molecule has 1 heterocycles. The Hall–Kier alpha value is -0.0800. The van der Waals surface area contributed by atoms with Crippen molar-refractivity contribution >= 4 is 0 Å². The zero-order valence-corrected chi connectivity index (χ0v) is 5.60. The van der Waals surface area contributed by atoms with Crippen LogP contribution in [0.25, 0.3) is 0 Å². The van der Waals surface area contributed by atoms with Crippen LogP contribution in [0.2, 0.25) is 0 Å². The fourth-order valence-electron chi connectivity index (χ4n) is 1.97. The highest BCUT2D eigenvalue weighted by molar-refractivity contribution is 5.00. The van der Waals surface area contributed by atoms with E-state index >= 15 is 0 Å². The van der Waals surface area contributed by atoms with E-state index in [1.165, 1.54) is 12.8 Å². The second-order valence-corrected chi connectivity index (χ2v) is 3.30. The van der Waals surface area contributed by atoms with Gasteiger partial charge in [-0.2, -0.15) is 0 Å². The maximum absolute atomic E-state index is 5.65. The van der Waals surface area contributed by atoms with Crippen LogP contribution in [0.4, 0.5) is 0 Å². The van der Waals surface area contributed by atoms with Crippen molar-refractivity contribution in [2.24, 2.45) is 5.73 Å². The summed E-state index contributed by atoms with van der Waals surface area (Å²) in [6.45, 7) is 0.965. The van der Waals surface area contributed by atoms with Gasteiger partial charge in [-0.25, -0.2) is 0 Å². The van der Waals surface area contributed by atoms with E-state index in [0.29, 0.717) is 6.04 Å². The Kier molecular flexibility index (Phi) is 1.08. The fraction of sp³-hybridized carbons (Fsp3) is 1.00. The average Bonchev–Trinajstić information content (AvgIpc) is 2.12. The van der Waals surface area contributed by atoms with E-state index < -0.39 is 0 Å². The quantitative estimate of drug-likeness (QED) is 0.518. The van der Waals surface area contributed by atoms with Crippen molar-refractivity contribution in [2.75, 3.05) is 6.61 Å². The van der Waals surface area contributed by atoms with E-state index in [-0.39, 0.29) is 5.60 Å². The van der Waals surface area contributed by atoms with Gasteiger partial charge >= 0.3 is 0 Å². The number of ether oxygens (including phenoxy) is 1. The molecule has 9 heavy (non-hydrogen) atoms. The van der Waals surface area contributed by atoms with Crippen LogP contribution >= 0.6 is 0 Å². The Morgan fingerprint density at radius 1 is 1.44 bits per heavy atom. The van der Waals surface area contributed by atoms with E-state index in [1.54, 1.807) is 0 Å². The van der Waals surface area contributed by atoms with Crippen molar-refractivity contribution in [1.82, 2.24) is 0 Å². The minimum Gasteiger partial charge on any atom is -0.375 e. The zero-order valence-electron chi connectivity index (χ0n) is 5.60. The van der Waals surface area contributed by atoms with Crippen LogP contribution in [0.5, 0.6) is 0 Å². The summed E-state index contributed by atoms with van der Waals surface area (Å²) in [7, 11) is 0. The van der Waals surface area contributed by atoms with Gasteiger partial charge in [-0.3, -0.25) is 0 Å². The van der Waals surface area contributed by atoms with E-state index in [9.17, 15) is 0 Å². The van der Waals surface area contributed by atoms with Crippen LogP contribution in [0, 0.1) is 0 Å². The average molecular weight is 127 g/mol. The smallest absolute Gasteiger partial charge is 0.0712 e. The summed E-state index contributed by atoms with van der Waals surface area (Å²) in [4.78, 5) is 0. The number of hydrogen-bond acceptors (Lipinski definition) is 2. The Bertz CT molecular complexity index is 110. The largest absolute Gasteiger partial charge is 0.375 e. The lowest BCUT2D eigenvalue weighted by Crippen LogP contribution is -2.50. The Balaban J connectivity index is 1.95. The number of rotatable bonds is 0. The van der Waals surface area contributed by atoms with Crippen molar-refractivity contribution in [2.45, 2.75) is 37.3 Å². The van der Waals surface area contributed by atoms with Gasteiger partial charge < -0.3 is 10.5 Å². The third kappa shape index (κ3) is 0.775. The third-order valence-corrected chi connectivity index (χ3v) is 2.45. The van der Waals surface area contributed by atoms with Gasteiger partial charge in [0.25, 0.3) is 0 Å². The second kappa shape index (κ2) is 1.70. The van der Waals surface area contributed by atoms with Crippen molar-refractivity contribution in [3.8, 4) is 0 Å². The predicted octanol–water partition coefficient (Wildman–Crippen LogP) is 0.657. The highest BCUT2D eigenvalue weighted by Crippen LogP contribution is 2.42. The highest BCUT2D eigenvalue weighted by atomic mass is 16.5. The van der Waals surface area contributed by atoms with Crippen LogP contribution in [0.3, 0.4) is 0 Å². The minimum atomic E-state index is 0.263. The molecule has 1 aliphatic carbocycles. The monoisotopic (exact) mass is 127 g/mol. The summed E-state index contributed by atoms with van der Waals surface area (Å²) in [5.74, 6) is 0. The zero-order chi connectivity index (χ0) is 6.32. The van der Waals surface area contributed by atoms with Gasteiger partial charge in [0.2, 0.25) is 0 Å². The van der Waals surface area contributed by atoms with Gasteiger partial charge in [0.1, 0.15) is 0 Å². The first-order chi connectivity index (χ1) is 4.31. The van der Waals surface area contributed by atoms with Crippen LogP contribution < -0.4 is 5.73 Å². The molecule has 2 rings (SSSR count). The Morgan fingerprint density at radius 3 is 2.67 bits per heavy atom. The SMILES string of the molecule is NC1CC2(CCCO2)C1. The Morgan fingerprint density at radius 2 is 2.22 bits per heavy atom. The van der Waals surface area contributed by atoms with Crippen molar-refractivity contribution in [1.29, 1.82) is 0 Å². The van der Waals surface area contributed by atoms with Crippen molar-refractivity contribution < 1.29 is 4.74 Å². The lowest BCUT2D eigenvalue weighted by molar-refractivity contribution is -0.0672. The molecular formula is C7H13NO. The van der Waals surface area contributed by atoms with E-state index in [0.717, 1.165) is 19.4 Å². The molecule has 2 N–H and O–H groups in total. The molecule has 0 amide bonds. The number of nitrogens with two attached hydrogens (primary N) is 1. The van der Waals surface area contributed by atoms with Gasteiger partial charge in [0, 0.05) is 12.6 Å². The molecule has 1 saturated carbocycles. The first kappa shape index (κ1) is 5.69. The molecule has 2 nitrogen and oxygen atoms in total. The molecule has 0 aromatic carbocycles. The van der Waals surface area contributed by atoms with Crippen LogP contribution in [-0.4, -0.2) is 18.2 Å². The molecule has 0 unspecified atom stereocenters. The van der Waals surface area contributed by atoms with Crippen LogP contribution in [0.15, 0.2) is 0 Å². The molecule has 2 aliphatic rings. The molecule has 0 aromatic rings. The standard InChI is InChI=1S/C7H13NO/c8-6-4-7(5-6)2-1-3-9-7/h6H,1-5,8H2. The highest BCUT2D eigenvalue weighted by Gasteiger charge is 2.45. The molecule has 0 aromatic heterocycles. The maximum Gasteiger partial charge on any atom is 0.0712 e. The molecule has 0 radical (unpaired) electrons. The van der Waals surface area contributed by atoms with Gasteiger partial charge in [-0.05, 0) is 25.7 Å². The first-order valence-electron chi connectivity index (χ1n) is 3.70. The first-order valence-corrected chi connectivity index (χ1v) is 3.70. The summed E-state index contributed by atoms with van der Waals surface area (Å²) < 4.78 is 5.57. The summed E-state index contributed by atoms with van der Waals surface area (Å²) in [6, 6.07) is 0.433. The molecule has 0 atom stereocenters. The molecule has 1 spiro atoms. The predicted molar refractivity (Wildman–Crippen MR) is 35.1 cm³/mol. The topological polar surface area (TPSA) is 35.2 Å². The van der Waals surface area contributed by atoms with Crippen LogP contribution in [0.1, 0.15) is 25.7 Å². The summed E-state index contributed by atoms with van der Waals surface area (Å²) in [5, 5.41) is 0. The van der Waals surface area contributed by atoms with E-state index in [4.69, 9.17) is 10.5 Å². The van der Waals surface area contributed by atoms with Crippen molar-refractivity contribution in [3.63, 3.8) is 0 Å². The fourth-order valence-corrected chi connectivity index (χ4v) is 1.97. The molecule has 1 saturated heterocycles. The summed E-state index contributed by atoms with van der Waals surface area (Å²) in [6.07, 6.45) is 4.70. The normalized spacial score (nSPS) is 49.7. The van der Waals surface area contributed by atoms with Gasteiger partial charge in [-0.1, -0.05) is 0 Å². The number of hydrogen-bond donors (Lipinski definition) is 1. The molecule has 0 bridgehead atoms.